The van der Waals surface area contributed by atoms with E-state index in [9.17, 15) is 14.0 Å². The van der Waals surface area contributed by atoms with E-state index in [1.54, 1.807) is 18.0 Å². The Morgan fingerprint density at radius 1 is 1.30 bits per heavy atom. The number of amides is 2. The SMILES string of the molecule is Cn1cnc(C(=O)N2CCC3(CC2)CC(=O)N(Cc2cccc(F)c2)C3)n1. The first-order valence-corrected chi connectivity index (χ1v) is 9.11. The van der Waals surface area contributed by atoms with E-state index in [0.717, 1.165) is 18.4 Å². The van der Waals surface area contributed by atoms with Gasteiger partial charge in [0.15, 0.2) is 0 Å². The van der Waals surface area contributed by atoms with Gasteiger partial charge in [-0.1, -0.05) is 12.1 Å². The smallest absolute Gasteiger partial charge is 0.293 e. The van der Waals surface area contributed by atoms with Crippen molar-refractivity contribution in [1.29, 1.82) is 0 Å². The molecule has 2 saturated heterocycles. The summed E-state index contributed by atoms with van der Waals surface area (Å²) in [6.45, 7) is 2.28. The van der Waals surface area contributed by atoms with Crippen LogP contribution in [-0.4, -0.2) is 56.0 Å². The Hall–Kier alpha value is -2.77. The zero-order chi connectivity index (χ0) is 19.0. The van der Waals surface area contributed by atoms with Crippen LogP contribution in [0.4, 0.5) is 4.39 Å². The first-order chi connectivity index (χ1) is 12.9. The lowest BCUT2D eigenvalue weighted by Gasteiger charge is -2.38. The highest BCUT2D eigenvalue weighted by Crippen LogP contribution is 2.41. The van der Waals surface area contributed by atoms with E-state index in [1.165, 1.54) is 23.1 Å². The Balaban J connectivity index is 1.38. The van der Waals surface area contributed by atoms with Crippen LogP contribution in [0, 0.1) is 11.2 Å². The molecule has 0 unspecified atom stereocenters. The maximum absolute atomic E-state index is 13.4. The van der Waals surface area contributed by atoms with Crippen LogP contribution in [0.3, 0.4) is 0 Å². The van der Waals surface area contributed by atoms with Crippen molar-refractivity contribution in [2.24, 2.45) is 12.5 Å². The van der Waals surface area contributed by atoms with Crippen molar-refractivity contribution in [3.8, 4) is 0 Å². The lowest BCUT2D eigenvalue weighted by Crippen LogP contribution is -2.44. The van der Waals surface area contributed by atoms with Crippen molar-refractivity contribution >= 4 is 11.8 Å². The summed E-state index contributed by atoms with van der Waals surface area (Å²) in [5.74, 6) is -0.135. The van der Waals surface area contributed by atoms with Gasteiger partial charge >= 0.3 is 0 Å². The summed E-state index contributed by atoms with van der Waals surface area (Å²) in [5, 5.41) is 4.07. The third kappa shape index (κ3) is 3.56. The molecule has 0 atom stereocenters. The molecule has 1 aromatic heterocycles. The van der Waals surface area contributed by atoms with Crippen LogP contribution in [0.2, 0.25) is 0 Å². The van der Waals surface area contributed by atoms with E-state index >= 15 is 0 Å². The van der Waals surface area contributed by atoms with Gasteiger partial charge in [-0.15, -0.1) is 5.10 Å². The number of rotatable bonds is 3. The van der Waals surface area contributed by atoms with Gasteiger partial charge in [0, 0.05) is 45.1 Å². The predicted molar refractivity (Wildman–Crippen MR) is 95.0 cm³/mol. The second kappa shape index (κ2) is 6.75. The molecule has 7 nitrogen and oxygen atoms in total. The molecule has 0 aliphatic carbocycles. The van der Waals surface area contributed by atoms with Crippen molar-refractivity contribution < 1.29 is 14.0 Å². The molecule has 27 heavy (non-hydrogen) atoms. The highest BCUT2D eigenvalue weighted by atomic mass is 19.1. The van der Waals surface area contributed by atoms with Gasteiger partial charge in [-0.25, -0.2) is 9.37 Å². The van der Waals surface area contributed by atoms with E-state index in [1.807, 2.05) is 11.0 Å². The molecule has 1 aromatic carbocycles. The molecule has 8 heteroatoms. The van der Waals surface area contributed by atoms with Crippen molar-refractivity contribution in [1.82, 2.24) is 24.6 Å². The van der Waals surface area contributed by atoms with Gasteiger partial charge in [0.25, 0.3) is 5.91 Å². The topological polar surface area (TPSA) is 71.3 Å². The number of halogens is 1. The molecule has 0 radical (unpaired) electrons. The van der Waals surface area contributed by atoms with Crippen molar-refractivity contribution in [3.63, 3.8) is 0 Å². The molecule has 0 N–H and O–H groups in total. The van der Waals surface area contributed by atoms with Crippen LogP contribution in [0.15, 0.2) is 30.6 Å². The van der Waals surface area contributed by atoms with Gasteiger partial charge in [0.1, 0.15) is 12.1 Å². The minimum absolute atomic E-state index is 0.0985. The molecule has 3 heterocycles. The molecule has 2 aliphatic rings. The molecule has 2 amide bonds. The number of likely N-dealkylation sites (tertiary alicyclic amines) is 2. The number of hydrogen-bond acceptors (Lipinski definition) is 4. The third-order valence-electron chi connectivity index (χ3n) is 5.57. The number of aryl methyl sites for hydroxylation is 1. The predicted octanol–water partition coefficient (Wildman–Crippen LogP) is 1.61. The number of piperidine rings is 1. The second-order valence-corrected chi connectivity index (χ2v) is 7.59. The molecule has 4 rings (SSSR count). The summed E-state index contributed by atoms with van der Waals surface area (Å²) in [7, 11) is 1.73. The van der Waals surface area contributed by atoms with E-state index in [2.05, 4.69) is 10.1 Å². The maximum Gasteiger partial charge on any atom is 0.293 e. The van der Waals surface area contributed by atoms with E-state index in [-0.39, 0.29) is 28.9 Å². The fourth-order valence-corrected chi connectivity index (χ4v) is 4.08. The van der Waals surface area contributed by atoms with Gasteiger partial charge in [-0.3, -0.25) is 14.3 Å². The minimum atomic E-state index is -0.288. The number of hydrogen-bond donors (Lipinski definition) is 0. The zero-order valence-corrected chi connectivity index (χ0v) is 15.3. The second-order valence-electron chi connectivity index (χ2n) is 7.59. The number of benzene rings is 1. The van der Waals surface area contributed by atoms with Gasteiger partial charge in [-0.05, 0) is 30.5 Å². The van der Waals surface area contributed by atoms with Crippen molar-refractivity contribution in [3.05, 3.63) is 47.8 Å². The summed E-state index contributed by atoms with van der Waals surface area (Å²) in [4.78, 5) is 32.6. The average Bonchev–Trinajstić information content (AvgIpc) is 3.19. The van der Waals surface area contributed by atoms with E-state index in [4.69, 9.17) is 0 Å². The average molecular weight is 371 g/mol. The van der Waals surface area contributed by atoms with Gasteiger partial charge in [-0.2, -0.15) is 0 Å². The Morgan fingerprint density at radius 3 is 2.74 bits per heavy atom. The van der Waals surface area contributed by atoms with E-state index in [0.29, 0.717) is 32.6 Å². The summed E-state index contributed by atoms with van der Waals surface area (Å²) in [5.41, 5.74) is 0.702. The molecule has 2 aliphatic heterocycles. The van der Waals surface area contributed by atoms with Crippen LogP contribution in [0.5, 0.6) is 0 Å². The zero-order valence-electron chi connectivity index (χ0n) is 15.3. The van der Waals surface area contributed by atoms with Crippen LogP contribution < -0.4 is 0 Å². The molecule has 0 saturated carbocycles. The molecular formula is C19H22FN5O2. The van der Waals surface area contributed by atoms with Crippen molar-refractivity contribution in [2.75, 3.05) is 19.6 Å². The van der Waals surface area contributed by atoms with Crippen LogP contribution in [0.25, 0.3) is 0 Å². The lowest BCUT2D eigenvalue weighted by molar-refractivity contribution is -0.128. The summed E-state index contributed by atoms with van der Waals surface area (Å²) >= 11 is 0. The van der Waals surface area contributed by atoms with Crippen LogP contribution >= 0.6 is 0 Å². The fraction of sp³-hybridized carbons (Fsp3) is 0.474. The number of carbonyl (C=O) groups excluding carboxylic acids is 2. The molecule has 0 bridgehead atoms. The summed E-state index contributed by atoms with van der Waals surface area (Å²) in [6, 6.07) is 6.37. The molecular weight excluding hydrogens is 349 g/mol. The Bertz CT molecular complexity index is 872. The number of nitrogens with zero attached hydrogens (tertiary/aromatic N) is 5. The summed E-state index contributed by atoms with van der Waals surface area (Å²) < 4.78 is 14.9. The van der Waals surface area contributed by atoms with Gasteiger partial charge in [0.2, 0.25) is 11.7 Å². The summed E-state index contributed by atoms with van der Waals surface area (Å²) in [6.07, 6.45) is 3.55. The molecule has 1 spiro atoms. The Morgan fingerprint density at radius 2 is 2.07 bits per heavy atom. The first-order valence-electron chi connectivity index (χ1n) is 9.11. The third-order valence-corrected chi connectivity index (χ3v) is 5.57. The lowest BCUT2D eigenvalue weighted by atomic mass is 9.77. The minimum Gasteiger partial charge on any atom is -0.338 e. The standard InChI is InChI=1S/C19H22FN5O2/c1-23-13-21-17(22-23)18(27)24-7-5-19(6-8-24)10-16(26)25(12-19)11-14-3-2-4-15(20)9-14/h2-4,9,13H,5-8,10-12H2,1H3. The van der Waals surface area contributed by atoms with Gasteiger partial charge < -0.3 is 9.80 Å². The molecule has 2 aromatic rings. The maximum atomic E-state index is 13.4. The Labute approximate surface area is 156 Å². The number of aromatic nitrogens is 3. The van der Waals surface area contributed by atoms with Crippen LogP contribution in [0.1, 0.15) is 35.4 Å². The quantitative estimate of drug-likeness (QED) is 0.822. The highest BCUT2D eigenvalue weighted by molar-refractivity contribution is 5.90. The molecule has 142 valence electrons. The largest absolute Gasteiger partial charge is 0.338 e. The fourth-order valence-electron chi connectivity index (χ4n) is 4.08. The van der Waals surface area contributed by atoms with Gasteiger partial charge in [0.05, 0.1) is 0 Å². The normalized spacial score (nSPS) is 19.1. The molecule has 2 fully saturated rings. The van der Waals surface area contributed by atoms with Crippen molar-refractivity contribution in [2.45, 2.75) is 25.8 Å². The first kappa shape index (κ1) is 17.6. The van der Waals surface area contributed by atoms with Crippen LogP contribution in [-0.2, 0) is 18.4 Å². The monoisotopic (exact) mass is 371 g/mol. The Kier molecular flexibility index (Phi) is 4.41. The number of carbonyl (C=O) groups is 2. The van der Waals surface area contributed by atoms with E-state index < -0.39 is 0 Å². The highest BCUT2D eigenvalue weighted by Gasteiger charge is 2.45.